The highest BCUT2D eigenvalue weighted by molar-refractivity contribution is 5.88. The van der Waals surface area contributed by atoms with E-state index in [1.165, 1.54) is 18.1 Å². The molecule has 1 N–H and O–H groups in total. The predicted molar refractivity (Wildman–Crippen MR) is 104 cm³/mol. The van der Waals surface area contributed by atoms with Crippen LogP contribution in [0.4, 0.5) is 5.69 Å². The molecule has 2 aromatic rings. The molecule has 2 heterocycles. The summed E-state index contributed by atoms with van der Waals surface area (Å²) in [6.07, 6.45) is 0. The molecule has 1 fully saturated rings. The van der Waals surface area contributed by atoms with Crippen molar-refractivity contribution in [2.45, 2.75) is 20.0 Å². The summed E-state index contributed by atoms with van der Waals surface area (Å²) in [5.74, 6) is 1.66. The number of nitrogens with zero attached hydrogens (tertiary/aromatic N) is 2. The Kier molecular flexibility index (Phi) is 5.27. The number of ether oxygens (including phenoxy) is 2. The van der Waals surface area contributed by atoms with E-state index in [1.807, 2.05) is 18.2 Å². The highest BCUT2D eigenvalue weighted by Gasteiger charge is 2.19. The zero-order chi connectivity index (χ0) is 18.6. The summed E-state index contributed by atoms with van der Waals surface area (Å²) in [6, 6.07) is 14.3. The van der Waals surface area contributed by atoms with Gasteiger partial charge in [0.05, 0.1) is 0 Å². The van der Waals surface area contributed by atoms with Crippen LogP contribution in [0.2, 0.25) is 0 Å². The average molecular weight is 367 g/mol. The van der Waals surface area contributed by atoms with E-state index in [4.69, 9.17) is 9.47 Å². The van der Waals surface area contributed by atoms with Gasteiger partial charge in [-0.3, -0.25) is 14.6 Å². The van der Waals surface area contributed by atoms with E-state index >= 15 is 0 Å². The Morgan fingerprint density at radius 3 is 2.15 bits per heavy atom. The molecule has 6 heteroatoms. The molecule has 0 aromatic heterocycles. The van der Waals surface area contributed by atoms with E-state index in [2.05, 4.69) is 39.4 Å². The molecule has 0 aliphatic carbocycles. The fraction of sp³-hybridized carbons (Fsp3) is 0.381. The maximum Gasteiger partial charge on any atom is 0.231 e. The van der Waals surface area contributed by atoms with Crippen LogP contribution >= 0.6 is 0 Å². The molecule has 6 nitrogen and oxygen atoms in total. The van der Waals surface area contributed by atoms with Gasteiger partial charge in [0.25, 0.3) is 0 Å². The van der Waals surface area contributed by atoms with E-state index < -0.39 is 0 Å². The van der Waals surface area contributed by atoms with Crippen LogP contribution in [-0.4, -0.2) is 48.7 Å². The number of carbonyl (C=O) groups excluding carboxylic acids is 1. The number of fused-ring (bicyclic) bond motifs is 1. The van der Waals surface area contributed by atoms with Crippen LogP contribution in [0.15, 0.2) is 42.5 Å². The number of amides is 1. The number of benzene rings is 2. The Labute approximate surface area is 159 Å². The van der Waals surface area contributed by atoms with Crippen molar-refractivity contribution in [3.63, 3.8) is 0 Å². The highest BCUT2D eigenvalue weighted by atomic mass is 16.7. The van der Waals surface area contributed by atoms with Gasteiger partial charge in [0, 0.05) is 51.9 Å². The molecule has 0 radical (unpaired) electrons. The molecule has 0 atom stereocenters. The first-order valence-corrected chi connectivity index (χ1v) is 9.35. The summed E-state index contributed by atoms with van der Waals surface area (Å²) in [4.78, 5) is 16.1. The van der Waals surface area contributed by atoms with Crippen LogP contribution in [0, 0.1) is 0 Å². The van der Waals surface area contributed by atoms with Crippen LogP contribution in [0.3, 0.4) is 0 Å². The smallest absolute Gasteiger partial charge is 0.231 e. The maximum atomic E-state index is 11.1. The molecule has 0 spiro atoms. The minimum Gasteiger partial charge on any atom is -0.454 e. The summed E-state index contributed by atoms with van der Waals surface area (Å²) < 4.78 is 10.8. The molecule has 27 heavy (non-hydrogen) atoms. The standard InChI is InChI=1S/C21H25N3O3/c1-16(25)22-19-5-2-17(3-6-19)13-23-8-10-24(11-9-23)14-18-4-7-20-21(12-18)27-15-26-20/h2-7,12H,8-11,13-15H2,1H3,(H,22,25). The second-order valence-corrected chi connectivity index (χ2v) is 7.12. The van der Waals surface area contributed by atoms with Crippen molar-refractivity contribution < 1.29 is 14.3 Å². The van der Waals surface area contributed by atoms with Gasteiger partial charge in [-0.1, -0.05) is 18.2 Å². The third-order valence-electron chi connectivity index (χ3n) is 4.99. The second-order valence-electron chi connectivity index (χ2n) is 7.12. The third kappa shape index (κ3) is 4.59. The lowest BCUT2D eigenvalue weighted by atomic mass is 10.1. The maximum absolute atomic E-state index is 11.1. The SMILES string of the molecule is CC(=O)Nc1ccc(CN2CCN(Cc3ccc4c(c3)OCO4)CC2)cc1. The zero-order valence-corrected chi connectivity index (χ0v) is 15.6. The molecule has 2 aromatic carbocycles. The first-order valence-electron chi connectivity index (χ1n) is 9.35. The molecular weight excluding hydrogens is 342 g/mol. The van der Waals surface area contributed by atoms with Crippen molar-refractivity contribution in [1.29, 1.82) is 0 Å². The Bertz CT molecular complexity index is 799. The number of anilines is 1. The van der Waals surface area contributed by atoms with Crippen molar-refractivity contribution in [3.8, 4) is 11.5 Å². The highest BCUT2D eigenvalue weighted by Crippen LogP contribution is 2.32. The minimum atomic E-state index is -0.0404. The molecule has 0 unspecified atom stereocenters. The lowest BCUT2D eigenvalue weighted by molar-refractivity contribution is -0.114. The van der Waals surface area contributed by atoms with E-state index in [1.54, 1.807) is 0 Å². The molecule has 1 saturated heterocycles. The normalized spacial score (nSPS) is 17.1. The van der Waals surface area contributed by atoms with Crippen LogP contribution in [0.25, 0.3) is 0 Å². The molecule has 4 rings (SSSR count). The van der Waals surface area contributed by atoms with Gasteiger partial charge in [-0.05, 0) is 35.4 Å². The van der Waals surface area contributed by atoms with Crippen LogP contribution in [0.1, 0.15) is 18.1 Å². The summed E-state index contributed by atoms with van der Waals surface area (Å²) in [5, 5.41) is 2.80. The van der Waals surface area contributed by atoms with Crippen molar-refractivity contribution in [2.24, 2.45) is 0 Å². The number of carbonyl (C=O) groups is 1. The van der Waals surface area contributed by atoms with Gasteiger partial charge < -0.3 is 14.8 Å². The molecular formula is C21H25N3O3. The number of nitrogens with one attached hydrogen (secondary N) is 1. The van der Waals surface area contributed by atoms with Crippen LogP contribution < -0.4 is 14.8 Å². The zero-order valence-electron chi connectivity index (χ0n) is 15.6. The van der Waals surface area contributed by atoms with Crippen molar-refractivity contribution in [1.82, 2.24) is 9.80 Å². The monoisotopic (exact) mass is 367 g/mol. The first-order chi connectivity index (χ1) is 13.2. The minimum absolute atomic E-state index is 0.0404. The second kappa shape index (κ2) is 7.98. The molecule has 0 saturated carbocycles. The van der Waals surface area contributed by atoms with Crippen LogP contribution in [0.5, 0.6) is 11.5 Å². The number of hydrogen-bond acceptors (Lipinski definition) is 5. The van der Waals surface area contributed by atoms with Gasteiger partial charge in [0.2, 0.25) is 12.7 Å². The van der Waals surface area contributed by atoms with Gasteiger partial charge in [-0.15, -0.1) is 0 Å². The number of rotatable bonds is 5. The van der Waals surface area contributed by atoms with Crippen molar-refractivity contribution in [3.05, 3.63) is 53.6 Å². The number of hydrogen-bond donors (Lipinski definition) is 1. The summed E-state index contributed by atoms with van der Waals surface area (Å²) in [5.41, 5.74) is 3.38. The Balaban J connectivity index is 1.26. The summed E-state index contributed by atoms with van der Waals surface area (Å²) >= 11 is 0. The molecule has 1 amide bonds. The average Bonchev–Trinajstić information content (AvgIpc) is 3.12. The van der Waals surface area contributed by atoms with Gasteiger partial charge in [0.1, 0.15) is 0 Å². The molecule has 0 bridgehead atoms. The molecule has 2 aliphatic heterocycles. The fourth-order valence-electron chi connectivity index (χ4n) is 3.56. The van der Waals surface area contributed by atoms with E-state index in [0.29, 0.717) is 6.79 Å². The Morgan fingerprint density at radius 2 is 1.48 bits per heavy atom. The Hall–Kier alpha value is -2.57. The van der Waals surface area contributed by atoms with Gasteiger partial charge >= 0.3 is 0 Å². The van der Waals surface area contributed by atoms with Gasteiger partial charge in [-0.2, -0.15) is 0 Å². The predicted octanol–water partition coefficient (Wildman–Crippen LogP) is 2.69. The largest absolute Gasteiger partial charge is 0.454 e. The van der Waals surface area contributed by atoms with Crippen molar-refractivity contribution in [2.75, 3.05) is 38.3 Å². The lowest BCUT2D eigenvalue weighted by Gasteiger charge is -2.34. The first kappa shape index (κ1) is 17.8. The van der Waals surface area contributed by atoms with E-state index in [9.17, 15) is 4.79 Å². The van der Waals surface area contributed by atoms with E-state index in [-0.39, 0.29) is 5.91 Å². The topological polar surface area (TPSA) is 54.0 Å². The quantitative estimate of drug-likeness (QED) is 0.881. The van der Waals surface area contributed by atoms with E-state index in [0.717, 1.165) is 56.5 Å². The summed E-state index contributed by atoms with van der Waals surface area (Å²) in [7, 11) is 0. The van der Waals surface area contributed by atoms with Crippen molar-refractivity contribution >= 4 is 11.6 Å². The Morgan fingerprint density at radius 1 is 0.889 bits per heavy atom. The molecule has 142 valence electrons. The molecule has 2 aliphatic rings. The summed E-state index contributed by atoms with van der Waals surface area (Å²) in [6.45, 7) is 7.95. The third-order valence-corrected chi connectivity index (χ3v) is 4.99. The van der Waals surface area contributed by atoms with Gasteiger partial charge in [-0.25, -0.2) is 0 Å². The van der Waals surface area contributed by atoms with Gasteiger partial charge in [0.15, 0.2) is 11.5 Å². The lowest BCUT2D eigenvalue weighted by Crippen LogP contribution is -2.45. The fourth-order valence-corrected chi connectivity index (χ4v) is 3.56. The van der Waals surface area contributed by atoms with Crippen LogP contribution in [-0.2, 0) is 17.9 Å². The number of piperazine rings is 1.